The molecular weight excluding hydrogens is 546 g/mol. The second kappa shape index (κ2) is 13.4. The predicted octanol–water partition coefficient (Wildman–Crippen LogP) is 5.81. The van der Waals surface area contributed by atoms with Gasteiger partial charge in [0, 0.05) is 42.9 Å². The zero-order valence-electron chi connectivity index (χ0n) is 18.4. The van der Waals surface area contributed by atoms with Gasteiger partial charge in [-0.3, -0.25) is 0 Å². The standard InChI is InChI=1S/C21H27BrF3N5O.2ClH/c1-30(2)19-9-10-27-20(29-19)28-17-7-3-14(4-8-17)12-26-13-15-5-6-16(22)11-18(15)31-21(23,24)25;;/h5-6,9-11,14,17,26H,3-4,7-8,12-13H2,1-2H3,(H,27,28,29);2*1H/t14-,17+;;. The molecule has 1 aliphatic carbocycles. The maximum Gasteiger partial charge on any atom is 0.573 e. The van der Waals surface area contributed by atoms with Crippen molar-refractivity contribution in [2.45, 2.75) is 44.6 Å². The van der Waals surface area contributed by atoms with Crippen LogP contribution < -0.4 is 20.3 Å². The molecule has 1 aromatic heterocycles. The summed E-state index contributed by atoms with van der Waals surface area (Å²) < 4.78 is 42.6. The Morgan fingerprint density at radius 3 is 2.45 bits per heavy atom. The molecule has 1 heterocycles. The van der Waals surface area contributed by atoms with Gasteiger partial charge in [-0.2, -0.15) is 4.98 Å². The van der Waals surface area contributed by atoms with E-state index >= 15 is 0 Å². The van der Waals surface area contributed by atoms with Crippen molar-refractivity contribution >= 4 is 52.5 Å². The fourth-order valence-electron chi connectivity index (χ4n) is 3.67. The lowest BCUT2D eigenvalue weighted by Gasteiger charge is -2.29. The summed E-state index contributed by atoms with van der Waals surface area (Å²) >= 11 is 3.19. The number of nitrogens with zero attached hydrogens (tertiary/aromatic N) is 3. The van der Waals surface area contributed by atoms with Crippen LogP contribution in [0.2, 0.25) is 0 Å². The lowest BCUT2D eigenvalue weighted by molar-refractivity contribution is -0.274. The van der Waals surface area contributed by atoms with Gasteiger partial charge in [-0.15, -0.1) is 38.0 Å². The lowest BCUT2D eigenvalue weighted by atomic mass is 9.86. The molecule has 0 bridgehead atoms. The van der Waals surface area contributed by atoms with Crippen LogP contribution in [0, 0.1) is 5.92 Å². The van der Waals surface area contributed by atoms with Crippen LogP contribution in [0.15, 0.2) is 34.9 Å². The van der Waals surface area contributed by atoms with Crippen LogP contribution in [-0.2, 0) is 6.54 Å². The first-order chi connectivity index (χ1) is 14.7. The van der Waals surface area contributed by atoms with Gasteiger partial charge in [-0.1, -0.05) is 22.0 Å². The number of nitrogens with one attached hydrogen (secondary N) is 2. The minimum atomic E-state index is -4.71. The summed E-state index contributed by atoms with van der Waals surface area (Å²) in [4.78, 5) is 10.7. The van der Waals surface area contributed by atoms with Gasteiger partial charge in [0.05, 0.1) is 0 Å². The Labute approximate surface area is 213 Å². The average Bonchev–Trinajstić information content (AvgIpc) is 2.70. The number of ether oxygens (including phenoxy) is 1. The summed E-state index contributed by atoms with van der Waals surface area (Å²) in [7, 11) is 3.88. The highest BCUT2D eigenvalue weighted by atomic mass is 79.9. The van der Waals surface area contributed by atoms with Crippen molar-refractivity contribution < 1.29 is 17.9 Å². The number of hydrogen-bond acceptors (Lipinski definition) is 6. The van der Waals surface area contributed by atoms with E-state index in [1.807, 2.05) is 25.1 Å². The highest BCUT2D eigenvalue weighted by Gasteiger charge is 2.32. The largest absolute Gasteiger partial charge is 0.573 e. The van der Waals surface area contributed by atoms with Gasteiger partial charge < -0.3 is 20.3 Å². The number of hydrogen-bond donors (Lipinski definition) is 2. The Morgan fingerprint density at radius 1 is 1.12 bits per heavy atom. The fourth-order valence-corrected chi connectivity index (χ4v) is 4.01. The maximum absolute atomic E-state index is 12.6. The molecule has 12 heteroatoms. The molecule has 2 N–H and O–H groups in total. The van der Waals surface area contributed by atoms with E-state index in [-0.39, 0.29) is 30.6 Å². The zero-order valence-corrected chi connectivity index (χ0v) is 21.6. The summed E-state index contributed by atoms with van der Waals surface area (Å²) in [5.74, 6) is 1.80. The van der Waals surface area contributed by atoms with Crippen LogP contribution in [0.1, 0.15) is 31.2 Å². The molecule has 1 saturated carbocycles. The van der Waals surface area contributed by atoms with E-state index in [4.69, 9.17) is 0 Å². The second-order valence-corrected chi connectivity index (χ2v) is 8.84. The van der Waals surface area contributed by atoms with Crippen LogP contribution in [0.5, 0.6) is 5.75 Å². The number of alkyl halides is 3. The third kappa shape index (κ3) is 9.72. The molecular formula is C21H29BrCl2F3N5O. The quantitative estimate of drug-likeness (QED) is 0.415. The zero-order chi connectivity index (χ0) is 22.4. The van der Waals surface area contributed by atoms with E-state index < -0.39 is 6.36 Å². The van der Waals surface area contributed by atoms with E-state index in [1.54, 1.807) is 18.3 Å². The summed E-state index contributed by atoms with van der Waals surface area (Å²) in [5.41, 5.74) is 0.480. The van der Waals surface area contributed by atoms with Crippen molar-refractivity contribution in [1.29, 1.82) is 0 Å². The summed E-state index contributed by atoms with van der Waals surface area (Å²) in [6, 6.07) is 6.89. The van der Waals surface area contributed by atoms with Gasteiger partial charge in [0.1, 0.15) is 11.6 Å². The smallest absolute Gasteiger partial charge is 0.405 e. The first-order valence-corrected chi connectivity index (χ1v) is 11.0. The van der Waals surface area contributed by atoms with Gasteiger partial charge >= 0.3 is 6.36 Å². The molecule has 0 aliphatic heterocycles. The molecule has 1 aliphatic rings. The highest BCUT2D eigenvalue weighted by molar-refractivity contribution is 9.10. The Hall–Kier alpha value is -1.49. The summed E-state index contributed by atoms with van der Waals surface area (Å²) in [5, 5.41) is 6.70. The van der Waals surface area contributed by atoms with E-state index in [9.17, 15) is 13.2 Å². The second-order valence-electron chi connectivity index (χ2n) is 7.93. The number of anilines is 2. The third-order valence-corrected chi connectivity index (χ3v) is 5.78. The molecule has 1 fully saturated rings. The molecule has 0 amide bonds. The van der Waals surface area contributed by atoms with Gasteiger partial charge in [-0.05, 0) is 56.3 Å². The van der Waals surface area contributed by atoms with Gasteiger partial charge in [-0.25, -0.2) is 4.98 Å². The molecule has 6 nitrogen and oxygen atoms in total. The van der Waals surface area contributed by atoms with Crippen LogP contribution in [0.25, 0.3) is 0 Å². The van der Waals surface area contributed by atoms with Crippen molar-refractivity contribution in [2.24, 2.45) is 5.92 Å². The van der Waals surface area contributed by atoms with Crippen LogP contribution in [-0.4, -0.2) is 43.0 Å². The molecule has 2 aromatic rings. The van der Waals surface area contributed by atoms with E-state index in [0.29, 0.717) is 34.5 Å². The number of rotatable bonds is 8. The van der Waals surface area contributed by atoms with Crippen molar-refractivity contribution in [1.82, 2.24) is 15.3 Å². The fraction of sp³-hybridized carbons (Fsp3) is 0.524. The lowest BCUT2D eigenvalue weighted by Crippen LogP contribution is -2.31. The van der Waals surface area contributed by atoms with Crippen molar-refractivity contribution in [2.75, 3.05) is 30.9 Å². The monoisotopic (exact) mass is 573 g/mol. The maximum atomic E-state index is 12.6. The Balaban J connectivity index is 0.00000272. The number of aromatic nitrogens is 2. The molecule has 33 heavy (non-hydrogen) atoms. The number of benzene rings is 1. The normalized spacial score (nSPS) is 18.0. The molecule has 0 spiro atoms. The molecule has 0 unspecified atom stereocenters. The van der Waals surface area contributed by atoms with Gasteiger partial charge in [0.25, 0.3) is 0 Å². The van der Waals surface area contributed by atoms with E-state index in [1.165, 1.54) is 6.07 Å². The predicted molar refractivity (Wildman–Crippen MR) is 133 cm³/mol. The molecule has 0 radical (unpaired) electrons. The van der Waals surface area contributed by atoms with Crippen molar-refractivity contribution in [3.05, 3.63) is 40.5 Å². The molecule has 186 valence electrons. The third-order valence-electron chi connectivity index (χ3n) is 5.28. The summed E-state index contributed by atoms with van der Waals surface area (Å²) in [6.07, 6.45) is 1.11. The van der Waals surface area contributed by atoms with Crippen molar-refractivity contribution in [3.63, 3.8) is 0 Å². The minimum Gasteiger partial charge on any atom is -0.405 e. The number of halogens is 6. The van der Waals surface area contributed by atoms with Gasteiger partial charge in [0.2, 0.25) is 5.95 Å². The molecule has 0 atom stereocenters. The van der Waals surface area contributed by atoms with Crippen LogP contribution in [0.4, 0.5) is 24.9 Å². The molecule has 1 aromatic carbocycles. The first-order valence-electron chi connectivity index (χ1n) is 10.2. The summed E-state index contributed by atoms with van der Waals surface area (Å²) in [6.45, 7) is 1.07. The Morgan fingerprint density at radius 2 is 1.82 bits per heavy atom. The van der Waals surface area contributed by atoms with E-state index in [2.05, 4.69) is 41.3 Å². The first kappa shape index (κ1) is 29.5. The van der Waals surface area contributed by atoms with Gasteiger partial charge in [0.15, 0.2) is 0 Å². The Kier molecular flexibility index (Phi) is 12.0. The van der Waals surface area contributed by atoms with Crippen LogP contribution >= 0.6 is 40.7 Å². The average molecular weight is 575 g/mol. The highest BCUT2D eigenvalue weighted by Crippen LogP contribution is 2.30. The Bertz CT molecular complexity index is 868. The molecule has 3 rings (SSSR count). The van der Waals surface area contributed by atoms with Crippen molar-refractivity contribution in [3.8, 4) is 5.75 Å². The minimum absolute atomic E-state index is 0. The van der Waals surface area contributed by atoms with E-state index in [0.717, 1.165) is 38.0 Å². The topological polar surface area (TPSA) is 62.3 Å². The van der Waals surface area contributed by atoms with Crippen LogP contribution in [0.3, 0.4) is 0 Å². The SMILES string of the molecule is CN(C)c1ccnc(N[C@H]2CC[C@@H](CNCc3ccc(Br)cc3OC(F)(F)F)CC2)n1.Cl.Cl. The molecule has 0 saturated heterocycles.